The van der Waals surface area contributed by atoms with Crippen LogP contribution in [0.1, 0.15) is 13.8 Å². The summed E-state index contributed by atoms with van der Waals surface area (Å²) < 4.78 is 26.0. The van der Waals surface area contributed by atoms with Gasteiger partial charge in [0.05, 0.1) is 4.90 Å². The Kier molecular flexibility index (Phi) is 5.78. The lowest BCUT2D eigenvalue weighted by Crippen LogP contribution is -2.29. The van der Waals surface area contributed by atoms with E-state index in [0.29, 0.717) is 17.5 Å². The molecule has 0 fully saturated rings. The van der Waals surface area contributed by atoms with Crippen molar-refractivity contribution in [2.24, 2.45) is 0 Å². The minimum atomic E-state index is -3.36. The predicted octanol–water partition coefficient (Wildman–Crippen LogP) is 1.35. The van der Waals surface area contributed by atoms with E-state index in [0.717, 1.165) is 12.2 Å². The fraction of sp³-hybridized carbons (Fsp3) is 0.538. The zero-order chi connectivity index (χ0) is 14.5. The van der Waals surface area contributed by atoms with Crippen molar-refractivity contribution < 1.29 is 8.42 Å². The van der Waals surface area contributed by atoms with Crippen molar-refractivity contribution in [2.45, 2.75) is 24.8 Å². The molecule has 0 heterocycles. The zero-order valence-electron chi connectivity index (χ0n) is 12.0. The molecule has 0 aliphatic carbocycles. The largest absolute Gasteiger partial charge is 0.381 e. The summed E-state index contributed by atoms with van der Waals surface area (Å²) in [5.74, 6) is 0. The van der Waals surface area contributed by atoms with Crippen molar-refractivity contribution in [1.29, 1.82) is 0 Å². The fourth-order valence-electron chi connectivity index (χ4n) is 1.88. The van der Waals surface area contributed by atoms with E-state index in [1.165, 1.54) is 0 Å². The van der Waals surface area contributed by atoms with Gasteiger partial charge >= 0.3 is 0 Å². The maximum atomic E-state index is 11.8. The minimum Gasteiger partial charge on any atom is -0.381 e. The van der Waals surface area contributed by atoms with Gasteiger partial charge in [-0.05, 0) is 45.3 Å². The molecule has 5 nitrogen and oxygen atoms in total. The second-order valence-corrected chi connectivity index (χ2v) is 6.60. The Morgan fingerprint density at radius 3 is 2.26 bits per heavy atom. The molecule has 108 valence electrons. The number of hydrogen-bond donors (Lipinski definition) is 2. The maximum absolute atomic E-state index is 11.8. The predicted molar refractivity (Wildman–Crippen MR) is 78.9 cm³/mol. The number of hydrogen-bond acceptors (Lipinski definition) is 4. The third kappa shape index (κ3) is 5.18. The monoisotopic (exact) mass is 285 g/mol. The molecule has 0 aliphatic heterocycles. The molecule has 0 amide bonds. The van der Waals surface area contributed by atoms with Gasteiger partial charge in [0.15, 0.2) is 0 Å². The number of likely N-dealkylation sites (N-methyl/N-ethyl adjacent to an activating group) is 1. The van der Waals surface area contributed by atoms with Crippen molar-refractivity contribution in [2.75, 3.05) is 32.5 Å². The van der Waals surface area contributed by atoms with Crippen LogP contribution in [0, 0.1) is 0 Å². The van der Waals surface area contributed by atoms with Gasteiger partial charge in [-0.1, -0.05) is 6.92 Å². The van der Waals surface area contributed by atoms with Crippen LogP contribution in [0.25, 0.3) is 0 Å². The van der Waals surface area contributed by atoms with E-state index in [9.17, 15) is 8.42 Å². The van der Waals surface area contributed by atoms with Crippen molar-refractivity contribution in [1.82, 2.24) is 9.62 Å². The summed E-state index contributed by atoms with van der Waals surface area (Å²) in [5.41, 5.74) is 0.921. The van der Waals surface area contributed by atoms with E-state index in [2.05, 4.69) is 21.9 Å². The fourth-order valence-corrected chi connectivity index (χ4v) is 2.92. The number of rotatable bonds is 7. The van der Waals surface area contributed by atoms with Gasteiger partial charge in [-0.3, -0.25) is 0 Å². The van der Waals surface area contributed by atoms with Crippen LogP contribution in [-0.2, 0) is 10.0 Å². The zero-order valence-corrected chi connectivity index (χ0v) is 12.8. The highest BCUT2D eigenvalue weighted by atomic mass is 32.2. The maximum Gasteiger partial charge on any atom is 0.240 e. The SMILES string of the molecule is CCNS(=O)(=O)c1ccc(NC(C)CN(C)C)cc1. The Morgan fingerprint density at radius 1 is 1.21 bits per heavy atom. The lowest BCUT2D eigenvalue weighted by Gasteiger charge is -2.19. The van der Waals surface area contributed by atoms with Gasteiger partial charge in [0.2, 0.25) is 10.0 Å². The molecule has 1 aromatic rings. The Bertz CT molecular complexity index is 483. The van der Waals surface area contributed by atoms with E-state index in [1.807, 2.05) is 14.1 Å². The standard InChI is InChI=1S/C13H23N3O2S/c1-5-14-19(17,18)13-8-6-12(7-9-13)15-11(2)10-16(3)4/h6-9,11,14-15H,5,10H2,1-4H3. The highest BCUT2D eigenvalue weighted by Gasteiger charge is 2.12. The lowest BCUT2D eigenvalue weighted by molar-refractivity contribution is 0.392. The Labute approximate surface area is 116 Å². The van der Waals surface area contributed by atoms with E-state index in [-0.39, 0.29) is 0 Å². The first-order chi connectivity index (χ1) is 8.85. The van der Waals surface area contributed by atoms with Crippen LogP contribution in [0.15, 0.2) is 29.2 Å². The van der Waals surface area contributed by atoms with Crippen LogP contribution in [0.4, 0.5) is 5.69 Å². The third-order valence-corrected chi connectivity index (χ3v) is 4.11. The first kappa shape index (κ1) is 15.9. The first-order valence-corrected chi connectivity index (χ1v) is 7.84. The molecule has 0 aromatic heterocycles. The van der Waals surface area contributed by atoms with Crippen molar-refractivity contribution in [3.8, 4) is 0 Å². The number of nitrogens with one attached hydrogen (secondary N) is 2. The molecule has 6 heteroatoms. The summed E-state index contributed by atoms with van der Waals surface area (Å²) in [4.78, 5) is 2.39. The third-order valence-electron chi connectivity index (χ3n) is 2.55. The van der Waals surface area contributed by atoms with Gasteiger partial charge in [-0.2, -0.15) is 0 Å². The van der Waals surface area contributed by atoms with E-state index in [1.54, 1.807) is 31.2 Å². The van der Waals surface area contributed by atoms with Gasteiger partial charge in [0, 0.05) is 24.8 Å². The molecule has 0 bridgehead atoms. The van der Waals surface area contributed by atoms with Crippen molar-refractivity contribution in [3.63, 3.8) is 0 Å². The number of sulfonamides is 1. The topological polar surface area (TPSA) is 61.4 Å². The second-order valence-electron chi connectivity index (χ2n) is 4.83. The number of anilines is 1. The summed E-state index contributed by atoms with van der Waals surface area (Å²) in [5, 5.41) is 3.33. The molecule has 19 heavy (non-hydrogen) atoms. The van der Waals surface area contributed by atoms with Gasteiger partial charge in [-0.15, -0.1) is 0 Å². The minimum absolute atomic E-state index is 0.292. The molecular formula is C13H23N3O2S. The summed E-state index contributed by atoms with van der Waals surface area (Å²) in [7, 11) is 0.676. The Morgan fingerprint density at radius 2 is 1.79 bits per heavy atom. The van der Waals surface area contributed by atoms with Crippen LogP contribution in [-0.4, -0.2) is 46.5 Å². The molecule has 2 N–H and O–H groups in total. The summed E-state index contributed by atoms with van der Waals surface area (Å²) in [6, 6.07) is 7.10. The highest BCUT2D eigenvalue weighted by Crippen LogP contribution is 2.14. The van der Waals surface area contributed by atoms with Gasteiger partial charge in [0.25, 0.3) is 0 Å². The molecule has 0 saturated heterocycles. The van der Waals surface area contributed by atoms with E-state index < -0.39 is 10.0 Å². The van der Waals surface area contributed by atoms with Gasteiger partial charge in [-0.25, -0.2) is 13.1 Å². The van der Waals surface area contributed by atoms with Crippen molar-refractivity contribution >= 4 is 15.7 Å². The normalized spacial score (nSPS) is 13.5. The number of benzene rings is 1. The molecule has 0 spiro atoms. The number of nitrogens with zero attached hydrogens (tertiary/aromatic N) is 1. The molecule has 1 rings (SSSR count). The average Bonchev–Trinajstić information content (AvgIpc) is 2.28. The second kappa shape index (κ2) is 6.88. The summed E-state index contributed by atoms with van der Waals surface area (Å²) in [6.07, 6.45) is 0. The van der Waals surface area contributed by atoms with Crippen LogP contribution >= 0.6 is 0 Å². The summed E-state index contributed by atoms with van der Waals surface area (Å²) in [6.45, 7) is 5.15. The van der Waals surface area contributed by atoms with Crippen LogP contribution in [0.2, 0.25) is 0 Å². The first-order valence-electron chi connectivity index (χ1n) is 6.36. The molecule has 1 aromatic carbocycles. The molecular weight excluding hydrogens is 262 g/mol. The van der Waals surface area contributed by atoms with Gasteiger partial charge < -0.3 is 10.2 Å². The Balaban J connectivity index is 2.72. The average molecular weight is 285 g/mol. The van der Waals surface area contributed by atoms with Crippen LogP contribution in [0.3, 0.4) is 0 Å². The highest BCUT2D eigenvalue weighted by molar-refractivity contribution is 7.89. The van der Waals surface area contributed by atoms with Crippen LogP contribution in [0.5, 0.6) is 0 Å². The molecule has 1 unspecified atom stereocenters. The smallest absolute Gasteiger partial charge is 0.240 e. The molecule has 0 aliphatic rings. The van der Waals surface area contributed by atoms with E-state index >= 15 is 0 Å². The molecule has 1 atom stereocenters. The quantitative estimate of drug-likeness (QED) is 0.794. The Hall–Kier alpha value is -1.11. The lowest BCUT2D eigenvalue weighted by atomic mass is 10.2. The molecule has 0 saturated carbocycles. The molecule has 0 radical (unpaired) electrons. The van der Waals surface area contributed by atoms with E-state index in [4.69, 9.17) is 0 Å². The van der Waals surface area contributed by atoms with Crippen molar-refractivity contribution in [3.05, 3.63) is 24.3 Å². The van der Waals surface area contributed by atoms with Crippen LogP contribution < -0.4 is 10.0 Å². The summed E-state index contributed by atoms with van der Waals surface area (Å²) >= 11 is 0. The van der Waals surface area contributed by atoms with Gasteiger partial charge in [0.1, 0.15) is 0 Å².